The van der Waals surface area contributed by atoms with Gasteiger partial charge in [0.15, 0.2) is 0 Å². The van der Waals surface area contributed by atoms with Gasteiger partial charge in [0, 0.05) is 6.54 Å². The summed E-state index contributed by atoms with van der Waals surface area (Å²) in [5.74, 6) is 0.135. The monoisotopic (exact) mass is 257 g/mol. The van der Waals surface area contributed by atoms with Crippen molar-refractivity contribution >= 4 is 10.0 Å². The van der Waals surface area contributed by atoms with Crippen LogP contribution in [0.2, 0.25) is 0 Å². The van der Waals surface area contributed by atoms with Crippen LogP contribution in [0.5, 0.6) is 0 Å². The molecule has 1 rings (SSSR count). The molecule has 2 N–H and O–H groups in total. The Morgan fingerprint density at radius 2 is 1.82 bits per heavy atom. The number of hydrogen-bond donors (Lipinski definition) is 2. The summed E-state index contributed by atoms with van der Waals surface area (Å²) < 4.78 is 26.1. The number of nitrogens with one attached hydrogen (secondary N) is 1. The molecule has 1 aromatic carbocycles. The zero-order valence-electron chi connectivity index (χ0n) is 10.1. The molecule has 0 bridgehead atoms. The van der Waals surface area contributed by atoms with E-state index in [-0.39, 0.29) is 17.4 Å². The molecule has 0 aliphatic carbocycles. The van der Waals surface area contributed by atoms with E-state index >= 15 is 0 Å². The van der Waals surface area contributed by atoms with Crippen molar-refractivity contribution in [3.8, 4) is 0 Å². The zero-order valence-corrected chi connectivity index (χ0v) is 10.9. The van der Waals surface area contributed by atoms with Gasteiger partial charge < -0.3 is 5.11 Å². The van der Waals surface area contributed by atoms with Gasteiger partial charge in [-0.05, 0) is 24.5 Å². The topological polar surface area (TPSA) is 66.4 Å². The normalized spacial score (nSPS) is 13.9. The summed E-state index contributed by atoms with van der Waals surface area (Å²) in [5.41, 5.74) is 0. The van der Waals surface area contributed by atoms with E-state index in [1.165, 1.54) is 0 Å². The molecule has 0 aromatic heterocycles. The smallest absolute Gasteiger partial charge is 0.240 e. The number of benzene rings is 1. The molecule has 0 spiro atoms. The summed E-state index contributed by atoms with van der Waals surface area (Å²) in [6, 6.07) is 8.21. The lowest BCUT2D eigenvalue weighted by Crippen LogP contribution is -2.28. The molecule has 1 aromatic rings. The quantitative estimate of drug-likeness (QED) is 0.809. The fourth-order valence-electron chi connectivity index (χ4n) is 1.36. The Balaban J connectivity index is 2.52. The maximum absolute atomic E-state index is 11.8. The minimum atomic E-state index is -3.44. The van der Waals surface area contributed by atoms with Gasteiger partial charge in [-0.15, -0.1) is 0 Å². The van der Waals surface area contributed by atoms with Crippen LogP contribution < -0.4 is 4.72 Å². The van der Waals surface area contributed by atoms with Crippen LogP contribution in [0.1, 0.15) is 20.3 Å². The second kappa shape index (κ2) is 6.14. The van der Waals surface area contributed by atoms with E-state index < -0.39 is 16.1 Å². The van der Waals surface area contributed by atoms with Crippen molar-refractivity contribution < 1.29 is 13.5 Å². The van der Waals surface area contributed by atoms with Gasteiger partial charge in [0.05, 0.1) is 11.0 Å². The molecule has 0 radical (unpaired) electrons. The highest BCUT2D eigenvalue weighted by Gasteiger charge is 2.14. The summed E-state index contributed by atoms with van der Waals surface area (Å²) in [7, 11) is -3.44. The van der Waals surface area contributed by atoms with E-state index in [1.807, 2.05) is 13.8 Å². The third-order valence-electron chi connectivity index (χ3n) is 2.56. The predicted molar refractivity (Wildman–Crippen MR) is 67.1 cm³/mol. The van der Waals surface area contributed by atoms with Crippen LogP contribution >= 0.6 is 0 Å². The van der Waals surface area contributed by atoms with Crippen LogP contribution in [0.4, 0.5) is 0 Å². The summed E-state index contributed by atoms with van der Waals surface area (Å²) >= 11 is 0. The Bertz CT molecular complexity index is 428. The highest BCUT2D eigenvalue weighted by atomic mass is 32.2. The van der Waals surface area contributed by atoms with Gasteiger partial charge >= 0.3 is 0 Å². The highest BCUT2D eigenvalue weighted by molar-refractivity contribution is 7.89. The first-order chi connectivity index (χ1) is 7.93. The maximum Gasteiger partial charge on any atom is 0.240 e. The lowest BCUT2D eigenvalue weighted by Gasteiger charge is -2.14. The van der Waals surface area contributed by atoms with Crippen LogP contribution in [0.3, 0.4) is 0 Å². The van der Waals surface area contributed by atoms with E-state index in [4.69, 9.17) is 0 Å². The Hall–Kier alpha value is -0.910. The van der Waals surface area contributed by atoms with Crippen molar-refractivity contribution in [1.82, 2.24) is 4.72 Å². The third-order valence-corrected chi connectivity index (χ3v) is 4.03. The maximum atomic E-state index is 11.8. The SMILES string of the molecule is CC(C)[C@@H](O)CCNS(=O)(=O)c1ccccc1. The van der Waals surface area contributed by atoms with Crippen LogP contribution in [0.25, 0.3) is 0 Å². The molecule has 1 atom stereocenters. The molecule has 17 heavy (non-hydrogen) atoms. The summed E-state index contributed by atoms with van der Waals surface area (Å²) in [4.78, 5) is 0.249. The van der Waals surface area contributed by atoms with E-state index in [0.29, 0.717) is 6.42 Å². The average Bonchev–Trinajstić information content (AvgIpc) is 2.29. The molecule has 96 valence electrons. The lowest BCUT2D eigenvalue weighted by molar-refractivity contribution is 0.118. The second-order valence-corrected chi connectivity index (χ2v) is 6.08. The molecule has 0 fully saturated rings. The number of aliphatic hydroxyl groups is 1. The molecule has 0 saturated carbocycles. The van der Waals surface area contributed by atoms with Gasteiger partial charge in [0.25, 0.3) is 0 Å². The highest BCUT2D eigenvalue weighted by Crippen LogP contribution is 2.08. The summed E-state index contributed by atoms with van der Waals surface area (Å²) in [6.07, 6.45) is -0.0579. The van der Waals surface area contributed by atoms with Gasteiger partial charge in [-0.1, -0.05) is 32.0 Å². The Kier molecular flexibility index (Phi) is 5.11. The molecule has 0 heterocycles. The number of rotatable bonds is 6. The number of aliphatic hydroxyl groups excluding tert-OH is 1. The molecule has 0 amide bonds. The van der Waals surface area contributed by atoms with Gasteiger partial charge in [0.2, 0.25) is 10.0 Å². The minimum absolute atomic E-state index is 0.135. The predicted octanol–water partition coefficient (Wildman–Crippen LogP) is 1.37. The molecule has 0 saturated heterocycles. The first kappa shape index (κ1) is 14.2. The molecule has 5 heteroatoms. The van der Waals surface area contributed by atoms with Gasteiger partial charge in [0.1, 0.15) is 0 Å². The molecule has 0 unspecified atom stereocenters. The Morgan fingerprint density at radius 3 is 2.35 bits per heavy atom. The van der Waals surface area contributed by atoms with Crippen molar-refractivity contribution in [3.63, 3.8) is 0 Å². The summed E-state index contributed by atoms with van der Waals surface area (Å²) in [6.45, 7) is 4.04. The molecule has 0 aliphatic rings. The van der Waals surface area contributed by atoms with Crippen molar-refractivity contribution in [2.45, 2.75) is 31.3 Å². The van der Waals surface area contributed by atoms with Gasteiger partial charge in [-0.2, -0.15) is 0 Å². The molecule has 4 nitrogen and oxygen atoms in total. The van der Waals surface area contributed by atoms with Crippen molar-refractivity contribution in [1.29, 1.82) is 0 Å². The molecular weight excluding hydrogens is 238 g/mol. The van der Waals surface area contributed by atoms with Crippen LogP contribution in [-0.2, 0) is 10.0 Å². The van der Waals surface area contributed by atoms with Crippen molar-refractivity contribution in [2.24, 2.45) is 5.92 Å². The second-order valence-electron chi connectivity index (χ2n) is 4.31. The first-order valence-corrected chi connectivity index (χ1v) is 7.14. The number of sulfonamides is 1. The van der Waals surface area contributed by atoms with Crippen LogP contribution in [-0.4, -0.2) is 26.2 Å². The Labute approximate surface area is 103 Å². The minimum Gasteiger partial charge on any atom is -0.393 e. The van der Waals surface area contributed by atoms with Crippen molar-refractivity contribution in [2.75, 3.05) is 6.54 Å². The van der Waals surface area contributed by atoms with E-state index in [0.717, 1.165) is 0 Å². The largest absolute Gasteiger partial charge is 0.393 e. The Morgan fingerprint density at radius 1 is 1.24 bits per heavy atom. The molecular formula is C12H19NO3S. The van der Waals surface area contributed by atoms with E-state index in [9.17, 15) is 13.5 Å². The lowest BCUT2D eigenvalue weighted by atomic mass is 10.1. The van der Waals surface area contributed by atoms with Crippen molar-refractivity contribution in [3.05, 3.63) is 30.3 Å². The van der Waals surface area contributed by atoms with E-state index in [2.05, 4.69) is 4.72 Å². The fourth-order valence-corrected chi connectivity index (χ4v) is 2.43. The van der Waals surface area contributed by atoms with E-state index in [1.54, 1.807) is 30.3 Å². The zero-order chi connectivity index (χ0) is 12.9. The third kappa shape index (κ3) is 4.46. The standard InChI is InChI=1S/C12H19NO3S/c1-10(2)12(14)8-9-13-17(15,16)11-6-4-3-5-7-11/h3-7,10,12-14H,8-9H2,1-2H3/t12-/m0/s1. The van der Waals surface area contributed by atoms with Gasteiger partial charge in [-0.25, -0.2) is 13.1 Å². The van der Waals surface area contributed by atoms with Crippen LogP contribution in [0, 0.1) is 5.92 Å². The summed E-state index contributed by atoms with van der Waals surface area (Å²) in [5, 5.41) is 9.56. The van der Waals surface area contributed by atoms with Gasteiger partial charge in [-0.3, -0.25) is 0 Å². The first-order valence-electron chi connectivity index (χ1n) is 5.66. The fraction of sp³-hybridized carbons (Fsp3) is 0.500. The molecule has 0 aliphatic heterocycles. The van der Waals surface area contributed by atoms with Crippen LogP contribution in [0.15, 0.2) is 35.2 Å². The average molecular weight is 257 g/mol. The number of hydrogen-bond acceptors (Lipinski definition) is 3.